The average molecular weight is 764 g/mol. The van der Waals surface area contributed by atoms with Gasteiger partial charge in [0.1, 0.15) is 5.75 Å². The van der Waals surface area contributed by atoms with Gasteiger partial charge in [-0.15, -0.1) is 5.10 Å². The molecule has 0 bridgehead atoms. The van der Waals surface area contributed by atoms with E-state index in [0.29, 0.717) is 31.5 Å². The van der Waals surface area contributed by atoms with Crippen LogP contribution >= 0.6 is 0 Å². The van der Waals surface area contributed by atoms with Crippen LogP contribution in [0.15, 0.2) is 115 Å². The molecule has 4 atom stereocenters. The number of aromatic nitrogens is 3. The van der Waals surface area contributed by atoms with Crippen LogP contribution in [0.25, 0.3) is 10.8 Å². The van der Waals surface area contributed by atoms with Gasteiger partial charge in [0.25, 0.3) is 11.8 Å². The minimum atomic E-state index is -2.32. The first-order chi connectivity index (χ1) is 27.1. The highest BCUT2D eigenvalue weighted by atomic mass is 28.3. The molecule has 1 aromatic heterocycles. The molecular formula is C45H45N5O5Si. The van der Waals surface area contributed by atoms with Crippen LogP contribution in [0.3, 0.4) is 0 Å². The molecule has 1 spiro atoms. The lowest BCUT2D eigenvalue weighted by Crippen LogP contribution is -2.51. The number of carbonyl (C=O) groups excluding carboxylic acids is 2. The number of anilines is 3. The van der Waals surface area contributed by atoms with E-state index in [1.165, 1.54) is 5.19 Å². The van der Waals surface area contributed by atoms with Gasteiger partial charge in [-0.1, -0.05) is 97.1 Å². The first kappa shape index (κ1) is 36.0. The minimum absolute atomic E-state index is 0.0140. The van der Waals surface area contributed by atoms with Gasteiger partial charge < -0.3 is 19.5 Å². The molecule has 1 saturated heterocycles. The highest BCUT2D eigenvalue weighted by Gasteiger charge is 2.66. The van der Waals surface area contributed by atoms with Gasteiger partial charge >= 0.3 is 0 Å². The van der Waals surface area contributed by atoms with Crippen molar-refractivity contribution in [2.24, 2.45) is 5.92 Å². The number of hydrogen-bond donors (Lipinski definition) is 1. The van der Waals surface area contributed by atoms with E-state index in [9.17, 15) is 9.90 Å². The summed E-state index contributed by atoms with van der Waals surface area (Å²) in [5.41, 5.74) is 4.75. The van der Waals surface area contributed by atoms with E-state index in [-0.39, 0.29) is 36.0 Å². The fourth-order valence-corrected chi connectivity index (χ4v) is 13.8. The van der Waals surface area contributed by atoms with E-state index in [1.54, 1.807) is 12.0 Å². The lowest BCUT2D eigenvalue weighted by molar-refractivity contribution is -0.146. The second-order valence-electron chi connectivity index (χ2n) is 15.8. The molecule has 3 aliphatic rings. The number of ether oxygens (including phenoxy) is 2. The molecule has 56 heavy (non-hydrogen) atoms. The Balaban J connectivity index is 1.04. The molecule has 6 aromatic rings. The zero-order valence-corrected chi connectivity index (χ0v) is 33.1. The Bertz CT molecular complexity index is 2460. The van der Waals surface area contributed by atoms with Crippen LogP contribution in [0, 0.1) is 5.92 Å². The zero-order chi connectivity index (χ0) is 38.8. The van der Waals surface area contributed by atoms with E-state index in [0.717, 1.165) is 50.4 Å². The van der Waals surface area contributed by atoms with Crippen molar-refractivity contribution in [3.05, 3.63) is 138 Å². The minimum Gasteiger partial charge on any atom is -0.497 e. The summed E-state index contributed by atoms with van der Waals surface area (Å²) in [7, 11) is -0.644. The number of methoxy groups -OCH3 is 1. The number of para-hydroxylation sites is 1. The highest BCUT2D eigenvalue weighted by molar-refractivity contribution is 6.91. The van der Waals surface area contributed by atoms with Gasteiger partial charge in [0.2, 0.25) is 0 Å². The molecule has 1 N–H and O–H groups in total. The summed E-state index contributed by atoms with van der Waals surface area (Å²) in [4.78, 5) is 32.5. The molecule has 0 unspecified atom stereocenters. The van der Waals surface area contributed by atoms with Crippen molar-refractivity contribution in [2.75, 3.05) is 23.5 Å². The Morgan fingerprint density at radius 2 is 1.62 bits per heavy atom. The van der Waals surface area contributed by atoms with Crippen molar-refractivity contribution in [2.45, 2.75) is 63.2 Å². The third kappa shape index (κ3) is 5.59. The number of carbonyl (C=O) groups is 2. The summed E-state index contributed by atoms with van der Waals surface area (Å²) in [6.45, 7) is 7.92. The largest absolute Gasteiger partial charge is 0.497 e. The predicted octanol–water partition coefficient (Wildman–Crippen LogP) is 7.12. The molecule has 11 heteroatoms. The average Bonchev–Trinajstić information content (AvgIpc) is 3.94. The summed E-state index contributed by atoms with van der Waals surface area (Å²) in [6, 6.07) is 36.3. The third-order valence-corrected chi connectivity index (χ3v) is 16.8. The maximum atomic E-state index is 15.2. The van der Waals surface area contributed by atoms with E-state index >= 15 is 4.79 Å². The van der Waals surface area contributed by atoms with E-state index < -0.39 is 13.7 Å². The molecule has 0 saturated carbocycles. The molecule has 5 aromatic carbocycles. The Labute approximate surface area is 327 Å². The Hall–Kier alpha value is -5.62. The Morgan fingerprint density at radius 3 is 2.38 bits per heavy atom. The number of benzene rings is 5. The lowest BCUT2D eigenvalue weighted by atomic mass is 9.82. The van der Waals surface area contributed by atoms with Crippen LogP contribution in [0.2, 0.25) is 18.6 Å². The second kappa shape index (κ2) is 13.8. The quantitative estimate of drug-likeness (QED) is 0.140. The first-order valence-corrected chi connectivity index (χ1v) is 22.4. The van der Waals surface area contributed by atoms with Gasteiger partial charge in [-0.3, -0.25) is 19.2 Å². The molecule has 2 amide bonds. The summed E-state index contributed by atoms with van der Waals surface area (Å²) >= 11 is 0. The van der Waals surface area contributed by atoms with Gasteiger partial charge in [0, 0.05) is 48.3 Å². The summed E-state index contributed by atoms with van der Waals surface area (Å²) in [5.74, 6) is 0.584. The number of fused-ring (bicyclic) bond motifs is 2. The summed E-state index contributed by atoms with van der Waals surface area (Å²) < 4.78 is 14.6. The van der Waals surface area contributed by atoms with Crippen LogP contribution in [-0.4, -0.2) is 59.8 Å². The maximum Gasteiger partial charge on any atom is 0.264 e. The molecular weight excluding hydrogens is 719 g/mol. The van der Waals surface area contributed by atoms with Crippen molar-refractivity contribution in [1.82, 2.24) is 15.0 Å². The van der Waals surface area contributed by atoms with Crippen LogP contribution in [0.5, 0.6) is 5.75 Å². The van der Waals surface area contributed by atoms with E-state index in [1.807, 2.05) is 107 Å². The fraction of sp³-hybridized carbons (Fsp3) is 0.289. The van der Waals surface area contributed by atoms with Crippen LogP contribution < -0.4 is 19.7 Å². The zero-order valence-electron chi connectivity index (χ0n) is 32.1. The normalized spacial score (nSPS) is 21.5. The first-order valence-electron chi connectivity index (χ1n) is 19.3. The summed E-state index contributed by atoms with van der Waals surface area (Å²) in [5, 5.41) is 21.3. The smallest absolute Gasteiger partial charge is 0.264 e. The molecule has 9 rings (SSSR count). The summed E-state index contributed by atoms with van der Waals surface area (Å²) in [6.07, 6.45) is 2.75. The van der Waals surface area contributed by atoms with Crippen molar-refractivity contribution in [3.63, 3.8) is 0 Å². The van der Waals surface area contributed by atoms with Gasteiger partial charge in [-0.05, 0) is 65.4 Å². The standard InChI is InChI=1S/C45H45N5O5Si/c1-29-42(56(3,4)35-21-19-34(54-2)20-22-35)40(23-25-48-28-32(24-26-51)46-47-48)55-45(29)37-12-5-6-13-38(37)49(44(45)53)27-30-15-17-33(18-16-30)50-39-14-8-10-31-9-7-11-36(41(31)39)43(50)52/h5-22,28-29,40,42,51H,23-27H2,1-4H3/t29-,40+,42-,45+/m1/s1. The van der Waals surface area contributed by atoms with Gasteiger partial charge in [-0.2, -0.15) is 0 Å². The Morgan fingerprint density at radius 1 is 0.893 bits per heavy atom. The number of rotatable bonds is 11. The number of nitrogens with zero attached hydrogens (tertiary/aromatic N) is 5. The third-order valence-electron chi connectivity index (χ3n) is 12.4. The molecule has 1 fully saturated rings. The molecule has 0 aliphatic carbocycles. The highest BCUT2D eigenvalue weighted by Crippen LogP contribution is 2.60. The molecule has 3 aliphatic heterocycles. The SMILES string of the molecule is COc1ccc([Si](C)(C)[C@H]2[C@H](CCn3cc(CCO)nn3)O[C@@]3(C(=O)N(Cc4ccc(N5C(=O)c6cccc7cccc5c67)cc4)c4ccccc43)[C@@H]2C)cc1. The number of hydrogen-bond acceptors (Lipinski definition) is 7. The van der Waals surface area contributed by atoms with Crippen molar-refractivity contribution in [3.8, 4) is 5.75 Å². The van der Waals surface area contributed by atoms with E-state index in [2.05, 4.69) is 48.5 Å². The van der Waals surface area contributed by atoms with Gasteiger partial charge in [0.05, 0.1) is 50.5 Å². The topological polar surface area (TPSA) is 110 Å². The van der Waals surface area contributed by atoms with Crippen molar-refractivity contribution >= 4 is 52.9 Å². The molecule has 284 valence electrons. The van der Waals surface area contributed by atoms with Crippen LogP contribution in [0.4, 0.5) is 17.1 Å². The second-order valence-corrected chi connectivity index (χ2v) is 20.5. The molecule has 0 radical (unpaired) electrons. The van der Waals surface area contributed by atoms with Crippen molar-refractivity contribution < 1.29 is 24.2 Å². The number of aliphatic hydroxyl groups excluding tert-OH is 1. The molecule has 4 heterocycles. The number of aliphatic hydroxyl groups is 1. The maximum absolute atomic E-state index is 15.2. The number of amides is 2. The van der Waals surface area contributed by atoms with Gasteiger partial charge in [0.15, 0.2) is 5.60 Å². The lowest BCUT2D eigenvalue weighted by Gasteiger charge is -2.37. The molecule has 10 nitrogen and oxygen atoms in total. The predicted molar refractivity (Wildman–Crippen MR) is 219 cm³/mol. The fourth-order valence-electron chi connectivity index (χ4n) is 9.74. The van der Waals surface area contributed by atoms with Crippen LogP contribution in [-0.2, 0) is 34.6 Å². The monoisotopic (exact) mass is 763 g/mol. The number of aryl methyl sites for hydroxylation is 1. The van der Waals surface area contributed by atoms with E-state index in [4.69, 9.17) is 9.47 Å². The van der Waals surface area contributed by atoms with Crippen LogP contribution in [0.1, 0.15) is 40.5 Å². The van der Waals surface area contributed by atoms with Gasteiger partial charge in [-0.25, -0.2) is 0 Å². The van der Waals surface area contributed by atoms with Crippen molar-refractivity contribution in [1.29, 1.82) is 0 Å². The Kier molecular flexibility index (Phi) is 8.91.